The van der Waals surface area contributed by atoms with Gasteiger partial charge in [-0.05, 0) is 141 Å². The quantitative estimate of drug-likeness (QED) is 0.0901. The zero-order chi connectivity index (χ0) is 41.3. The molecule has 8 bridgehead atoms. The molecule has 3 aromatic heterocycles. The largest absolute Gasteiger partial charge is 0.497 e. The number of hydrogen-bond donors (Lipinski definition) is 2. The number of aryl methyl sites for hydroxylation is 3. The molecule has 0 saturated heterocycles. The van der Waals surface area contributed by atoms with Gasteiger partial charge in [-0.2, -0.15) is 0 Å². The average molecular weight is 794 g/mol. The van der Waals surface area contributed by atoms with E-state index in [2.05, 4.69) is 151 Å². The van der Waals surface area contributed by atoms with Crippen molar-refractivity contribution in [3.05, 3.63) is 143 Å². The third kappa shape index (κ3) is 8.89. The van der Waals surface area contributed by atoms with E-state index in [1.165, 1.54) is 60.7 Å². The lowest BCUT2D eigenvalue weighted by molar-refractivity contribution is 0.415. The van der Waals surface area contributed by atoms with E-state index in [0.717, 1.165) is 112 Å². The molecule has 6 aromatic rings. The second-order valence-electron chi connectivity index (χ2n) is 16.1. The van der Waals surface area contributed by atoms with Crippen molar-refractivity contribution in [3.63, 3.8) is 0 Å². The lowest BCUT2D eigenvalue weighted by Gasteiger charge is -2.25. The fourth-order valence-corrected chi connectivity index (χ4v) is 8.66. The first-order chi connectivity index (χ1) is 29.6. The molecule has 0 radical (unpaired) electrons. The number of rotatable bonds is 17. The van der Waals surface area contributed by atoms with E-state index < -0.39 is 0 Å². The molecule has 0 atom stereocenters. The lowest BCUT2D eigenvalue weighted by Crippen LogP contribution is -2.09. The van der Waals surface area contributed by atoms with Crippen molar-refractivity contribution in [1.29, 1.82) is 0 Å². The Morgan fingerprint density at radius 2 is 0.867 bits per heavy atom. The topological polar surface area (TPSA) is 69.8 Å². The summed E-state index contributed by atoms with van der Waals surface area (Å²) in [5.41, 5.74) is 17.8. The Hall–Kier alpha value is -6.14. The molecule has 2 N–H and O–H groups in total. The molecule has 6 nitrogen and oxygen atoms in total. The fraction of sp³-hybridized carbons (Fsp3) is 0.296. The maximum Gasteiger partial charge on any atom is 0.119 e. The second-order valence-corrected chi connectivity index (χ2v) is 16.1. The highest BCUT2D eigenvalue weighted by Gasteiger charge is 2.18. The summed E-state index contributed by atoms with van der Waals surface area (Å²) in [5, 5.41) is 0. The standard InChI is InChI=1S/C54H59N5O/c1-5-8-12-19-43-46-30-32-48(55-46)44(20-13-9-6-2)50-34-36-52(57-50)54(53-37-35-51(58-53)45(21-14-10-7-3)49-33-31-47(43)56-49)38-22-24-40(25-23-38)59(39-17-15-11-16-18-39)41-26-28-42(60-4)29-27-41/h11,15-18,22-37,55,58H,5-10,12-14,19-21H2,1-4H3. The summed E-state index contributed by atoms with van der Waals surface area (Å²) in [6.07, 6.45) is 22.3. The van der Waals surface area contributed by atoms with Crippen LogP contribution >= 0.6 is 0 Å². The van der Waals surface area contributed by atoms with Gasteiger partial charge in [0.1, 0.15) is 5.75 Å². The monoisotopic (exact) mass is 793 g/mol. The molecule has 6 heteroatoms. The third-order valence-corrected chi connectivity index (χ3v) is 11.9. The number of benzene rings is 3. The summed E-state index contributed by atoms with van der Waals surface area (Å²) in [4.78, 5) is 21.1. The first-order valence-corrected chi connectivity index (χ1v) is 22.3. The van der Waals surface area contributed by atoms with Gasteiger partial charge >= 0.3 is 0 Å². The van der Waals surface area contributed by atoms with Crippen LogP contribution in [0, 0.1) is 0 Å². The second kappa shape index (κ2) is 19.3. The Morgan fingerprint density at radius 1 is 0.450 bits per heavy atom. The molecule has 5 heterocycles. The number of ether oxygens (including phenoxy) is 1. The van der Waals surface area contributed by atoms with Crippen molar-refractivity contribution < 1.29 is 4.74 Å². The van der Waals surface area contributed by atoms with Crippen LogP contribution < -0.4 is 9.64 Å². The SMILES string of the molecule is CCCCCc1c2nc(c(CCCCC)c3ccc([nH]3)c(-c3ccc(N(c4ccccc4)c4ccc(OC)cc4)cc3)c3nc(c(CCCCC)c4ccc1[nH]4)C=C3)C=C2. The van der Waals surface area contributed by atoms with E-state index in [-0.39, 0.29) is 0 Å². The lowest BCUT2D eigenvalue weighted by atomic mass is 10.0. The number of unbranched alkanes of at least 4 members (excludes halogenated alkanes) is 6. The molecule has 2 aliphatic heterocycles. The van der Waals surface area contributed by atoms with Crippen LogP contribution in [0.5, 0.6) is 5.75 Å². The zero-order valence-electron chi connectivity index (χ0n) is 35.9. The van der Waals surface area contributed by atoms with Crippen LogP contribution in [-0.4, -0.2) is 27.0 Å². The van der Waals surface area contributed by atoms with Gasteiger partial charge in [-0.15, -0.1) is 0 Å². The average Bonchev–Trinajstić information content (AvgIpc) is 4.14. The molecule has 0 amide bonds. The van der Waals surface area contributed by atoms with Gasteiger partial charge < -0.3 is 19.6 Å². The van der Waals surface area contributed by atoms with Gasteiger partial charge in [-0.3, -0.25) is 0 Å². The fourth-order valence-electron chi connectivity index (χ4n) is 8.66. The molecule has 0 fully saturated rings. The van der Waals surface area contributed by atoms with Gasteiger partial charge in [-0.1, -0.05) is 89.6 Å². The Morgan fingerprint density at radius 3 is 1.35 bits per heavy atom. The van der Waals surface area contributed by atoms with Gasteiger partial charge in [0.2, 0.25) is 0 Å². The minimum atomic E-state index is 0.832. The number of anilines is 3. The molecule has 3 aromatic carbocycles. The van der Waals surface area contributed by atoms with E-state index in [1.54, 1.807) is 7.11 Å². The number of aromatic amines is 2. The number of aromatic nitrogens is 4. The van der Waals surface area contributed by atoms with Crippen molar-refractivity contribution >= 4 is 63.4 Å². The molecule has 0 aliphatic carbocycles. The van der Waals surface area contributed by atoms with E-state index in [9.17, 15) is 0 Å². The Balaban J connectivity index is 1.35. The van der Waals surface area contributed by atoms with Gasteiger partial charge in [0.15, 0.2) is 0 Å². The van der Waals surface area contributed by atoms with Crippen LogP contribution in [0.1, 0.15) is 118 Å². The predicted octanol–water partition coefficient (Wildman–Crippen LogP) is 15.0. The van der Waals surface area contributed by atoms with Crippen molar-refractivity contribution in [1.82, 2.24) is 19.9 Å². The maximum atomic E-state index is 5.50. The van der Waals surface area contributed by atoms with Crippen molar-refractivity contribution in [2.45, 2.75) is 97.8 Å². The molecular formula is C54H59N5O. The van der Waals surface area contributed by atoms with Gasteiger partial charge in [0.25, 0.3) is 0 Å². The van der Waals surface area contributed by atoms with Crippen LogP contribution in [-0.2, 0) is 19.3 Å². The highest BCUT2D eigenvalue weighted by atomic mass is 16.5. The predicted molar refractivity (Wildman–Crippen MR) is 255 cm³/mol. The number of nitrogens with zero attached hydrogens (tertiary/aromatic N) is 3. The van der Waals surface area contributed by atoms with Crippen LogP contribution in [0.2, 0.25) is 0 Å². The molecule has 0 unspecified atom stereocenters. The van der Waals surface area contributed by atoms with Gasteiger partial charge in [0, 0.05) is 61.4 Å². The maximum absolute atomic E-state index is 5.50. The molecule has 306 valence electrons. The normalized spacial score (nSPS) is 12.0. The van der Waals surface area contributed by atoms with E-state index in [4.69, 9.17) is 14.7 Å². The minimum absolute atomic E-state index is 0.832. The summed E-state index contributed by atoms with van der Waals surface area (Å²) in [6, 6.07) is 36.8. The van der Waals surface area contributed by atoms with Crippen molar-refractivity contribution in [2.24, 2.45) is 0 Å². The molecule has 8 rings (SSSR count). The summed E-state index contributed by atoms with van der Waals surface area (Å²) >= 11 is 0. The number of methoxy groups -OCH3 is 1. The van der Waals surface area contributed by atoms with Crippen molar-refractivity contribution in [3.8, 4) is 16.9 Å². The first-order valence-electron chi connectivity index (χ1n) is 22.3. The van der Waals surface area contributed by atoms with Crippen LogP contribution in [0.4, 0.5) is 17.1 Å². The van der Waals surface area contributed by atoms with Crippen LogP contribution in [0.3, 0.4) is 0 Å². The Labute approximate surface area is 356 Å². The summed E-state index contributed by atoms with van der Waals surface area (Å²) < 4.78 is 5.50. The molecule has 2 aliphatic rings. The van der Waals surface area contributed by atoms with E-state index in [1.807, 2.05) is 12.1 Å². The van der Waals surface area contributed by atoms with Gasteiger partial charge in [-0.25, -0.2) is 9.97 Å². The summed E-state index contributed by atoms with van der Waals surface area (Å²) in [7, 11) is 1.70. The Bertz CT molecular complexity index is 2600. The molecule has 0 spiro atoms. The highest BCUT2D eigenvalue weighted by molar-refractivity contribution is 5.93. The van der Waals surface area contributed by atoms with Gasteiger partial charge in [0.05, 0.1) is 29.9 Å². The first kappa shape index (κ1) is 40.6. The third-order valence-electron chi connectivity index (χ3n) is 11.9. The smallest absolute Gasteiger partial charge is 0.119 e. The van der Waals surface area contributed by atoms with Crippen molar-refractivity contribution in [2.75, 3.05) is 12.0 Å². The number of para-hydroxylation sites is 1. The van der Waals surface area contributed by atoms with E-state index >= 15 is 0 Å². The Kier molecular flexibility index (Phi) is 13.1. The number of nitrogens with one attached hydrogen (secondary N) is 2. The van der Waals surface area contributed by atoms with Crippen LogP contribution in [0.15, 0.2) is 103 Å². The van der Waals surface area contributed by atoms with Crippen LogP contribution in [0.25, 0.3) is 57.5 Å². The number of fused-ring (bicyclic) bond motifs is 8. The highest BCUT2D eigenvalue weighted by Crippen LogP contribution is 2.38. The summed E-state index contributed by atoms with van der Waals surface area (Å²) in [5.74, 6) is 0.832. The number of hydrogen-bond acceptors (Lipinski definition) is 4. The molecular weight excluding hydrogens is 735 g/mol. The molecule has 0 saturated carbocycles. The van der Waals surface area contributed by atoms with E-state index in [0.29, 0.717) is 0 Å². The minimum Gasteiger partial charge on any atom is -0.497 e. The zero-order valence-corrected chi connectivity index (χ0v) is 35.9. The number of H-pyrrole nitrogens is 2. The summed E-state index contributed by atoms with van der Waals surface area (Å²) in [6.45, 7) is 6.82. The molecule has 60 heavy (non-hydrogen) atoms.